The Morgan fingerprint density at radius 1 is 1.35 bits per heavy atom. The van der Waals surface area contributed by atoms with Crippen LogP contribution in [0.15, 0.2) is 16.7 Å². The van der Waals surface area contributed by atoms with Gasteiger partial charge in [0.05, 0.1) is 0 Å². The first-order valence-corrected chi connectivity index (χ1v) is 7.31. The van der Waals surface area contributed by atoms with Crippen molar-refractivity contribution in [2.75, 3.05) is 26.7 Å². The zero-order valence-corrected chi connectivity index (χ0v) is 12.9. The fourth-order valence-corrected chi connectivity index (χ4v) is 2.73. The molecule has 0 unspecified atom stereocenters. The van der Waals surface area contributed by atoms with E-state index in [4.69, 9.17) is 4.52 Å². The maximum atomic E-state index is 12.6. The van der Waals surface area contributed by atoms with Gasteiger partial charge in [0, 0.05) is 31.9 Å². The Hall–Kier alpha value is -1.87. The maximum absolute atomic E-state index is 12.6. The Bertz CT molecular complexity index is 665. The molecule has 2 aromatic heterocycles. The first kappa shape index (κ1) is 16.0. The molecule has 9 heteroatoms. The minimum atomic E-state index is -4.34. The molecule has 1 saturated heterocycles. The molecule has 2 aromatic rings. The number of aromatic amines is 1. The Balaban J connectivity index is 1.68. The third-order valence-electron chi connectivity index (χ3n) is 4.01. The summed E-state index contributed by atoms with van der Waals surface area (Å²) in [6.45, 7) is 4.34. The fraction of sp³-hybridized carbons (Fsp3) is 0.571. The van der Waals surface area contributed by atoms with Gasteiger partial charge in [-0.2, -0.15) is 18.2 Å². The van der Waals surface area contributed by atoms with Gasteiger partial charge < -0.3 is 9.51 Å². The first-order valence-electron chi connectivity index (χ1n) is 7.31. The average molecular weight is 329 g/mol. The summed E-state index contributed by atoms with van der Waals surface area (Å²) in [5.74, 6) is 1.11. The van der Waals surface area contributed by atoms with E-state index in [1.165, 1.54) is 6.07 Å². The van der Waals surface area contributed by atoms with E-state index in [1.54, 1.807) is 6.92 Å². The van der Waals surface area contributed by atoms with Gasteiger partial charge in [0.15, 0.2) is 5.82 Å². The number of likely N-dealkylation sites (N-methyl/N-ethyl adjacent to an activating group) is 1. The highest BCUT2D eigenvalue weighted by molar-refractivity contribution is 5.15. The van der Waals surface area contributed by atoms with Crippen molar-refractivity contribution in [1.82, 2.24) is 24.9 Å². The number of alkyl halides is 3. The number of H-pyrrole nitrogens is 1. The topological polar surface area (TPSA) is 61.2 Å². The number of aryl methyl sites for hydroxylation is 1. The number of hydrogen-bond donors (Lipinski definition) is 1. The van der Waals surface area contributed by atoms with Crippen molar-refractivity contribution in [2.24, 2.45) is 0 Å². The number of hydrogen-bond acceptors (Lipinski definition) is 5. The van der Waals surface area contributed by atoms with Gasteiger partial charge in [-0.3, -0.25) is 9.80 Å². The number of halogens is 3. The molecule has 0 saturated carbocycles. The summed E-state index contributed by atoms with van der Waals surface area (Å²) in [6.07, 6.45) is -4.34. The zero-order valence-electron chi connectivity index (χ0n) is 12.9. The first-order chi connectivity index (χ1) is 10.8. The molecule has 1 aliphatic heterocycles. The molecule has 1 fully saturated rings. The van der Waals surface area contributed by atoms with Crippen molar-refractivity contribution in [3.8, 4) is 0 Å². The van der Waals surface area contributed by atoms with Crippen LogP contribution in [-0.4, -0.2) is 51.6 Å². The van der Waals surface area contributed by atoms with Gasteiger partial charge in [0.2, 0.25) is 5.89 Å². The molecule has 3 heterocycles. The molecule has 1 N–H and O–H groups in total. The van der Waals surface area contributed by atoms with Crippen LogP contribution < -0.4 is 0 Å². The number of nitrogens with one attached hydrogen (secondary N) is 1. The molecule has 0 aliphatic carbocycles. The highest BCUT2D eigenvalue weighted by Gasteiger charge is 2.33. The summed E-state index contributed by atoms with van der Waals surface area (Å²) >= 11 is 0. The monoisotopic (exact) mass is 329 g/mol. The van der Waals surface area contributed by atoms with Crippen LogP contribution in [0, 0.1) is 6.92 Å². The van der Waals surface area contributed by atoms with Crippen LogP contribution in [0.25, 0.3) is 0 Å². The van der Waals surface area contributed by atoms with Crippen LogP contribution in [0.4, 0.5) is 13.2 Å². The molecule has 0 bridgehead atoms. The molecule has 23 heavy (non-hydrogen) atoms. The van der Waals surface area contributed by atoms with Crippen LogP contribution in [0.1, 0.15) is 29.1 Å². The molecule has 6 nitrogen and oxygen atoms in total. The third kappa shape index (κ3) is 3.56. The van der Waals surface area contributed by atoms with Crippen LogP contribution in [-0.2, 0) is 12.7 Å². The quantitative estimate of drug-likeness (QED) is 0.935. The van der Waals surface area contributed by atoms with E-state index in [0.717, 1.165) is 19.2 Å². The number of rotatable bonds is 3. The molecule has 0 radical (unpaired) electrons. The summed E-state index contributed by atoms with van der Waals surface area (Å²) in [5, 5.41) is 3.80. The normalized spacial score (nSPS) is 21.0. The second-order valence-electron chi connectivity index (χ2n) is 5.81. The molecule has 1 aliphatic rings. The van der Waals surface area contributed by atoms with Gasteiger partial charge in [0.25, 0.3) is 0 Å². The lowest BCUT2D eigenvalue weighted by Crippen LogP contribution is -2.46. The number of nitrogens with zero attached hydrogens (tertiary/aromatic N) is 4. The fourth-order valence-electron chi connectivity index (χ4n) is 2.73. The smallest absolute Gasteiger partial charge is 0.354 e. The Labute approximate surface area is 131 Å². The van der Waals surface area contributed by atoms with Gasteiger partial charge in [-0.25, -0.2) is 0 Å². The summed E-state index contributed by atoms with van der Waals surface area (Å²) in [7, 11) is 1.97. The standard InChI is InChI=1S/C14H18F3N5O/c1-9-18-13(23-20-9)11-8-22(6-5-21(11)2)7-10-3-4-12(19-10)14(15,16)17/h3-4,11,19H,5-8H2,1-2H3/t11-/m1/s1. The summed E-state index contributed by atoms with van der Waals surface area (Å²) in [6, 6.07) is 2.50. The van der Waals surface area contributed by atoms with Gasteiger partial charge in [-0.05, 0) is 26.1 Å². The molecular formula is C14H18F3N5O. The van der Waals surface area contributed by atoms with Gasteiger partial charge in [-0.15, -0.1) is 0 Å². The summed E-state index contributed by atoms with van der Waals surface area (Å²) < 4.78 is 43.1. The molecule has 0 aromatic carbocycles. The molecule has 3 rings (SSSR count). The van der Waals surface area contributed by atoms with E-state index in [9.17, 15) is 13.2 Å². The lowest BCUT2D eigenvalue weighted by Gasteiger charge is -2.37. The minimum Gasteiger partial charge on any atom is -0.354 e. The van der Waals surface area contributed by atoms with E-state index < -0.39 is 11.9 Å². The van der Waals surface area contributed by atoms with E-state index in [1.807, 2.05) is 7.05 Å². The molecule has 0 amide bonds. The lowest BCUT2D eigenvalue weighted by molar-refractivity contribution is -0.140. The predicted molar refractivity (Wildman–Crippen MR) is 75.5 cm³/mol. The van der Waals surface area contributed by atoms with Gasteiger partial charge in [-0.1, -0.05) is 5.16 Å². The summed E-state index contributed by atoms with van der Waals surface area (Å²) in [5.41, 5.74) is -0.173. The highest BCUT2D eigenvalue weighted by Crippen LogP contribution is 2.29. The van der Waals surface area contributed by atoms with Crippen molar-refractivity contribution in [1.29, 1.82) is 0 Å². The number of aromatic nitrogens is 3. The minimum absolute atomic E-state index is 0.0537. The zero-order chi connectivity index (χ0) is 16.6. The van der Waals surface area contributed by atoms with Gasteiger partial charge >= 0.3 is 6.18 Å². The summed E-state index contributed by atoms with van der Waals surface area (Å²) in [4.78, 5) is 10.9. The van der Waals surface area contributed by atoms with Crippen molar-refractivity contribution in [2.45, 2.75) is 25.7 Å². The Kier molecular flexibility index (Phi) is 4.15. The van der Waals surface area contributed by atoms with Crippen molar-refractivity contribution < 1.29 is 17.7 Å². The molecule has 1 atom stereocenters. The molecular weight excluding hydrogens is 311 g/mol. The molecule has 126 valence electrons. The van der Waals surface area contributed by atoms with Crippen LogP contribution in [0.2, 0.25) is 0 Å². The van der Waals surface area contributed by atoms with E-state index >= 15 is 0 Å². The second kappa shape index (κ2) is 5.97. The van der Waals surface area contributed by atoms with Gasteiger partial charge in [0.1, 0.15) is 11.7 Å². The van der Waals surface area contributed by atoms with Crippen LogP contribution in [0.3, 0.4) is 0 Å². The van der Waals surface area contributed by atoms with E-state index in [-0.39, 0.29) is 6.04 Å². The van der Waals surface area contributed by atoms with E-state index in [0.29, 0.717) is 30.5 Å². The Morgan fingerprint density at radius 3 is 2.74 bits per heavy atom. The van der Waals surface area contributed by atoms with Crippen molar-refractivity contribution >= 4 is 0 Å². The number of piperazine rings is 1. The molecule has 0 spiro atoms. The lowest BCUT2D eigenvalue weighted by atomic mass is 10.1. The van der Waals surface area contributed by atoms with E-state index in [2.05, 4.69) is 24.9 Å². The van der Waals surface area contributed by atoms with Crippen molar-refractivity contribution in [3.63, 3.8) is 0 Å². The SMILES string of the molecule is Cc1noc([C@H]2CN(Cc3ccc(C(F)(F)F)[nH]3)CCN2C)n1. The second-order valence-corrected chi connectivity index (χ2v) is 5.81. The third-order valence-corrected chi connectivity index (χ3v) is 4.01. The van der Waals surface area contributed by atoms with Crippen LogP contribution in [0.5, 0.6) is 0 Å². The van der Waals surface area contributed by atoms with Crippen molar-refractivity contribution in [3.05, 3.63) is 35.2 Å². The highest BCUT2D eigenvalue weighted by atomic mass is 19.4. The Morgan fingerprint density at radius 2 is 2.13 bits per heavy atom. The average Bonchev–Trinajstić information content (AvgIpc) is 3.09. The maximum Gasteiger partial charge on any atom is 0.431 e. The largest absolute Gasteiger partial charge is 0.431 e. The predicted octanol–water partition coefficient (Wildman–Crippen LogP) is 2.21. The van der Waals surface area contributed by atoms with Crippen LogP contribution >= 0.6 is 0 Å².